The molecule has 2 amide bonds. The molecule has 4 nitrogen and oxygen atoms in total. The fraction of sp³-hybridized carbons (Fsp3) is 0.333. The number of aryl methyl sites for hydroxylation is 1. The van der Waals surface area contributed by atoms with Crippen molar-refractivity contribution < 1.29 is 9.59 Å². The molecule has 5 heteroatoms. The summed E-state index contributed by atoms with van der Waals surface area (Å²) in [6, 6.07) is 14.7. The number of amides is 2. The van der Waals surface area contributed by atoms with Gasteiger partial charge in [0.25, 0.3) is 0 Å². The lowest BCUT2D eigenvalue weighted by Crippen LogP contribution is -2.48. The lowest BCUT2D eigenvalue weighted by Gasteiger charge is -2.30. The highest BCUT2D eigenvalue weighted by atomic mass is 35.5. The zero-order valence-corrected chi connectivity index (χ0v) is 16.2. The van der Waals surface area contributed by atoms with Crippen molar-refractivity contribution in [3.63, 3.8) is 0 Å². The van der Waals surface area contributed by atoms with Crippen LogP contribution in [0.2, 0.25) is 5.02 Å². The summed E-state index contributed by atoms with van der Waals surface area (Å²) in [5, 5.41) is 3.25. The standard InChI is InChI=1S/C21H25ClN2O2/c1-4-19(21(26)23-3)24(14-17-7-5-6-8-18(17)22)20(25)13-16-11-9-15(2)10-12-16/h5-12,19H,4,13-14H2,1-3H3,(H,23,26)/t19-/m0/s1. The smallest absolute Gasteiger partial charge is 0.242 e. The molecular formula is C21H25ClN2O2. The molecule has 1 N–H and O–H groups in total. The van der Waals surface area contributed by atoms with Crippen molar-refractivity contribution in [2.75, 3.05) is 7.05 Å². The van der Waals surface area contributed by atoms with Gasteiger partial charge in [0.15, 0.2) is 0 Å². The largest absolute Gasteiger partial charge is 0.357 e. The maximum Gasteiger partial charge on any atom is 0.242 e. The van der Waals surface area contributed by atoms with Gasteiger partial charge >= 0.3 is 0 Å². The summed E-state index contributed by atoms with van der Waals surface area (Å²) in [7, 11) is 1.59. The van der Waals surface area contributed by atoms with Gasteiger partial charge in [-0.2, -0.15) is 0 Å². The number of hydrogen-bond donors (Lipinski definition) is 1. The van der Waals surface area contributed by atoms with E-state index in [1.165, 1.54) is 0 Å². The molecule has 2 aromatic carbocycles. The topological polar surface area (TPSA) is 49.4 Å². The molecule has 0 heterocycles. The lowest BCUT2D eigenvalue weighted by atomic mass is 10.1. The molecule has 0 fully saturated rings. The van der Waals surface area contributed by atoms with Crippen molar-refractivity contribution in [3.8, 4) is 0 Å². The van der Waals surface area contributed by atoms with E-state index in [4.69, 9.17) is 11.6 Å². The van der Waals surface area contributed by atoms with Gasteiger partial charge in [-0.3, -0.25) is 9.59 Å². The molecule has 0 saturated heterocycles. The number of nitrogens with zero attached hydrogens (tertiary/aromatic N) is 1. The lowest BCUT2D eigenvalue weighted by molar-refractivity contribution is -0.140. The number of halogens is 1. The third-order valence-corrected chi connectivity index (χ3v) is 4.78. The van der Waals surface area contributed by atoms with Crippen LogP contribution in [0.4, 0.5) is 0 Å². The highest BCUT2D eigenvalue weighted by Crippen LogP contribution is 2.20. The van der Waals surface area contributed by atoms with Gasteiger partial charge in [0.1, 0.15) is 6.04 Å². The Morgan fingerprint density at radius 2 is 1.77 bits per heavy atom. The summed E-state index contributed by atoms with van der Waals surface area (Å²) in [5.41, 5.74) is 2.90. The first-order valence-electron chi connectivity index (χ1n) is 8.76. The fourth-order valence-corrected chi connectivity index (χ4v) is 3.07. The summed E-state index contributed by atoms with van der Waals surface area (Å²) in [6.45, 7) is 4.21. The molecule has 26 heavy (non-hydrogen) atoms. The Kier molecular flexibility index (Phi) is 7.22. The predicted octanol–water partition coefficient (Wildman–Crippen LogP) is 3.74. The van der Waals surface area contributed by atoms with Crippen molar-refractivity contribution in [1.29, 1.82) is 0 Å². The van der Waals surface area contributed by atoms with E-state index in [-0.39, 0.29) is 18.2 Å². The number of hydrogen-bond acceptors (Lipinski definition) is 2. The van der Waals surface area contributed by atoms with Crippen molar-refractivity contribution >= 4 is 23.4 Å². The third-order valence-electron chi connectivity index (χ3n) is 4.41. The minimum absolute atomic E-state index is 0.0933. The second-order valence-corrected chi connectivity index (χ2v) is 6.72. The second-order valence-electron chi connectivity index (χ2n) is 6.31. The van der Waals surface area contributed by atoms with Gasteiger partial charge in [-0.05, 0) is 30.5 Å². The van der Waals surface area contributed by atoms with Gasteiger partial charge in [0.2, 0.25) is 11.8 Å². The molecule has 138 valence electrons. The van der Waals surface area contributed by atoms with E-state index in [0.29, 0.717) is 18.0 Å². The first-order valence-corrected chi connectivity index (χ1v) is 9.14. The van der Waals surface area contributed by atoms with E-state index < -0.39 is 6.04 Å². The Balaban J connectivity index is 2.29. The van der Waals surface area contributed by atoms with E-state index >= 15 is 0 Å². The third kappa shape index (κ3) is 5.09. The second kappa shape index (κ2) is 9.39. The monoisotopic (exact) mass is 372 g/mol. The van der Waals surface area contributed by atoms with E-state index in [9.17, 15) is 9.59 Å². The van der Waals surface area contributed by atoms with E-state index in [1.807, 2.05) is 56.3 Å². The fourth-order valence-electron chi connectivity index (χ4n) is 2.88. The van der Waals surface area contributed by atoms with Gasteiger partial charge in [0.05, 0.1) is 6.42 Å². The van der Waals surface area contributed by atoms with E-state index in [2.05, 4.69) is 5.32 Å². The average molecular weight is 373 g/mol. The summed E-state index contributed by atoms with van der Waals surface area (Å²) in [5.74, 6) is -0.263. The molecule has 0 aliphatic rings. The number of carbonyl (C=O) groups is 2. The van der Waals surface area contributed by atoms with Crippen LogP contribution >= 0.6 is 11.6 Å². The summed E-state index contributed by atoms with van der Waals surface area (Å²) in [4.78, 5) is 27.0. The van der Waals surface area contributed by atoms with E-state index in [1.54, 1.807) is 18.0 Å². The summed E-state index contributed by atoms with van der Waals surface area (Å²) < 4.78 is 0. The normalized spacial score (nSPS) is 11.7. The van der Waals surface area contributed by atoms with Crippen molar-refractivity contribution in [3.05, 3.63) is 70.2 Å². The molecular weight excluding hydrogens is 348 g/mol. The van der Waals surface area contributed by atoms with E-state index in [0.717, 1.165) is 16.7 Å². The Hall–Kier alpha value is -2.33. The highest BCUT2D eigenvalue weighted by Gasteiger charge is 2.28. The van der Waals surface area contributed by atoms with Crippen LogP contribution < -0.4 is 5.32 Å². The molecule has 2 aromatic rings. The van der Waals surface area contributed by atoms with Crippen molar-refractivity contribution in [2.24, 2.45) is 0 Å². The van der Waals surface area contributed by atoms with Crippen LogP contribution in [0, 0.1) is 6.92 Å². The number of nitrogens with one attached hydrogen (secondary N) is 1. The number of likely N-dealkylation sites (N-methyl/N-ethyl adjacent to an activating group) is 1. The SMILES string of the molecule is CC[C@@H](C(=O)NC)N(Cc1ccccc1Cl)C(=O)Cc1ccc(C)cc1. The van der Waals surface area contributed by atoms with Crippen LogP contribution in [0.25, 0.3) is 0 Å². The molecule has 0 unspecified atom stereocenters. The van der Waals surface area contributed by atoms with Crippen LogP contribution in [0.1, 0.15) is 30.0 Å². The van der Waals surface area contributed by atoms with Crippen LogP contribution in [0.3, 0.4) is 0 Å². The molecule has 0 bridgehead atoms. The number of benzene rings is 2. The molecule has 2 rings (SSSR count). The quantitative estimate of drug-likeness (QED) is 0.804. The Bertz CT molecular complexity index is 759. The predicted molar refractivity (Wildman–Crippen MR) is 105 cm³/mol. The van der Waals surface area contributed by atoms with Crippen LogP contribution in [0.15, 0.2) is 48.5 Å². The van der Waals surface area contributed by atoms with Crippen LogP contribution in [-0.4, -0.2) is 29.8 Å². The molecule has 0 aliphatic carbocycles. The molecule has 1 atom stereocenters. The highest BCUT2D eigenvalue weighted by molar-refractivity contribution is 6.31. The molecule has 0 aromatic heterocycles. The Labute approximate surface area is 160 Å². The first kappa shape index (κ1) is 20.0. The molecule has 0 aliphatic heterocycles. The number of carbonyl (C=O) groups excluding carboxylic acids is 2. The van der Waals surface area contributed by atoms with Crippen LogP contribution in [0.5, 0.6) is 0 Å². The number of rotatable bonds is 7. The Morgan fingerprint density at radius 3 is 2.35 bits per heavy atom. The van der Waals surface area contributed by atoms with Gasteiger partial charge in [-0.1, -0.05) is 66.6 Å². The van der Waals surface area contributed by atoms with Gasteiger partial charge in [0, 0.05) is 18.6 Å². The maximum atomic E-state index is 13.0. The zero-order valence-electron chi connectivity index (χ0n) is 15.5. The van der Waals surface area contributed by atoms with Crippen molar-refractivity contribution in [1.82, 2.24) is 10.2 Å². The molecule has 0 spiro atoms. The minimum atomic E-state index is -0.533. The first-order chi connectivity index (χ1) is 12.5. The Morgan fingerprint density at radius 1 is 1.12 bits per heavy atom. The minimum Gasteiger partial charge on any atom is -0.357 e. The van der Waals surface area contributed by atoms with Gasteiger partial charge in [-0.15, -0.1) is 0 Å². The van der Waals surface area contributed by atoms with Crippen LogP contribution in [-0.2, 0) is 22.6 Å². The van der Waals surface area contributed by atoms with Crippen molar-refractivity contribution in [2.45, 2.75) is 39.3 Å². The zero-order chi connectivity index (χ0) is 19.1. The van der Waals surface area contributed by atoms with Gasteiger partial charge in [-0.25, -0.2) is 0 Å². The average Bonchev–Trinajstić information content (AvgIpc) is 2.64. The summed E-state index contributed by atoms with van der Waals surface area (Å²) >= 11 is 6.27. The molecule has 0 radical (unpaired) electrons. The maximum absolute atomic E-state index is 13.0. The molecule has 0 saturated carbocycles. The summed E-state index contributed by atoms with van der Waals surface area (Å²) in [6.07, 6.45) is 0.780. The van der Waals surface area contributed by atoms with Gasteiger partial charge < -0.3 is 10.2 Å².